The van der Waals surface area contributed by atoms with Crippen LogP contribution in [0.4, 0.5) is 0 Å². The topological polar surface area (TPSA) is 65.0 Å². The van der Waals surface area contributed by atoms with Gasteiger partial charge in [-0.1, -0.05) is 152 Å². The first kappa shape index (κ1) is 35.0. The van der Waals surface area contributed by atoms with E-state index in [0.29, 0.717) is 11.3 Å². The highest BCUT2D eigenvalue weighted by Crippen LogP contribution is 2.39. The van der Waals surface area contributed by atoms with E-state index in [1.165, 1.54) is 0 Å². The quantitative estimate of drug-likeness (QED) is 0.138. The second-order valence-corrected chi connectivity index (χ2v) is 13.6. The summed E-state index contributed by atoms with van der Waals surface area (Å²) >= 11 is 0. The minimum atomic E-state index is -0.481. The lowest BCUT2D eigenvalue weighted by atomic mass is 9.89. The Bertz CT molecular complexity index is 2640. The van der Waals surface area contributed by atoms with Gasteiger partial charge in [-0.2, -0.15) is 0 Å². The molecule has 0 N–H and O–H groups in total. The fraction of sp³-hybridized carbons (Fsp3) is 0. The molecule has 0 aliphatic heterocycles. The largest absolute Gasteiger partial charge is 0.421 e. The van der Waals surface area contributed by atoms with Crippen LogP contribution in [0.1, 0.15) is 10.4 Å². The molecule has 0 saturated carbocycles. The highest BCUT2D eigenvalue weighted by atomic mass is 16.5. The molecule has 0 saturated heterocycles. The number of carbonyl (C=O) groups is 1. The van der Waals surface area contributed by atoms with Crippen molar-refractivity contribution in [1.29, 1.82) is 0 Å². The molecule has 270 valence electrons. The number of hydrogen-bond donors (Lipinski definition) is 0. The number of ether oxygens (including phenoxy) is 1. The molecule has 5 heteroatoms. The molecule has 0 atom stereocenters. The van der Waals surface area contributed by atoms with Crippen molar-refractivity contribution >= 4 is 5.97 Å². The Morgan fingerprint density at radius 2 is 0.702 bits per heavy atom. The molecule has 6 aromatic carbocycles. The minimum Gasteiger partial charge on any atom is -0.421 e. The maximum Gasteiger partial charge on any atom is 0.343 e. The zero-order chi connectivity index (χ0) is 38.4. The smallest absolute Gasteiger partial charge is 0.343 e. The monoisotopic (exact) mass is 733 g/mol. The van der Waals surface area contributed by atoms with Gasteiger partial charge in [0.15, 0.2) is 0 Å². The Labute approximate surface area is 331 Å². The molecule has 9 aromatic rings. The van der Waals surface area contributed by atoms with Crippen LogP contribution in [0, 0.1) is 0 Å². The molecule has 0 aliphatic rings. The van der Waals surface area contributed by atoms with Crippen LogP contribution in [0.3, 0.4) is 0 Å². The number of rotatable bonds is 9. The zero-order valence-corrected chi connectivity index (χ0v) is 30.9. The number of pyridine rings is 3. The van der Waals surface area contributed by atoms with Gasteiger partial charge in [0.05, 0.1) is 28.8 Å². The highest BCUT2D eigenvalue weighted by Gasteiger charge is 2.18. The second-order valence-electron chi connectivity index (χ2n) is 13.6. The summed E-state index contributed by atoms with van der Waals surface area (Å²) in [7, 11) is 0. The van der Waals surface area contributed by atoms with E-state index in [1.807, 2.05) is 134 Å². The van der Waals surface area contributed by atoms with Crippen LogP contribution in [-0.4, -0.2) is 20.9 Å². The summed E-state index contributed by atoms with van der Waals surface area (Å²) in [6, 6.07) is 64.5. The van der Waals surface area contributed by atoms with Crippen molar-refractivity contribution < 1.29 is 9.53 Å². The first-order valence-corrected chi connectivity index (χ1v) is 18.8. The van der Waals surface area contributed by atoms with Crippen molar-refractivity contribution in [3.63, 3.8) is 0 Å². The van der Waals surface area contributed by atoms with Gasteiger partial charge in [0.2, 0.25) is 0 Å². The fourth-order valence-electron chi connectivity index (χ4n) is 7.08. The van der Waals surface area contributed by atoms with Crippen LogP contribution in [0.2, 0.25) is 0 Å². The molecule has 0 radical (unpaired) electrons. The minimum absolute atomic E-state index is 0.363. The van der Waals surface area contributed by atoms with Gasteiger partial charge in [-0.3, -0.25) is 15.0 Å². The Morgan fingerprint density at radius 3 is 1.07 bits per heavy atom. The molecular weight excluding hydrogens is 699 g/mol. The van der Waals surface area contributed by atoms with Gasteiger partial charge in [0, 0.05) is 40.2 Å². The summed E-state index contributed by atoms with van der Waals surface area (Å²) in [5, 5.41) is 0. The van der Waals surface area contributed by atoms with E-state index in [9.17, 15) is 4.79 Å². The average Bonchev–Trinajstić information content (AvgIpc) is 3.30. The summed E-state index contributed by atoms with van der Waals surface area (Å²) in [6.07, 6.45) is 5.41. The van der Waals surface area contributed by atoms with Gasteiger partial charge in [-0.05, 0) is 75.8 Å². The van der Waals surface area contributed by atoms with E-state index < -0.39 is 5.97 Å². The standard InChI is InChI=1S/C52H35N3O2/c56-52(57-44-26-29-51(55-35-44)38-18-8-3-9-19-38)43-31-41(47-22-12-10-20-45(47)39-24-27-49(53-33-39)36-14-4-1-5-15-36)30-42(32-43)48-23-13-11-21-46(48)40-25-28-50(54-34-40)37-16-6-2-7-17-37/h1-35H. The van der Waals surface area contributed by atoms with E-state index in [-0.39, 0.29) is 0 Å². The van der Waals surface area contributed by atoms with E-state index in [2.05, 4.69) is 71.7 Å². The maximum atomic E-state index is 14.1. The van der Waals surface area contributed by atoms with Crippen molar-refractivity contribution in [3.8, 4) is 84.0 Å². The third-order valence-electron chi connectivity index (χ3n) is 9.95. The molecular formula is C52H35N3O2. The van der Waals surface area contributed by atoms with Gasteiger partial charge in [0.25, 0.3) is 0 Å². The zero-order valence-electron chi connectivity index (χ0n) is 30.9. The molecule has 0 bridgehead atoms. The molecule has 0 aliphatic carbocycles. The summed E-state index contributed by atoms with van der Waals surface area (Å²) in [5.41, 5.74) is 13.7. The number of hydrogen-bond acceptors (Lipinski definition) is 5. The van der Waals surface area contributed by atoms with E-state index in [0.717, 1.165) is 78.3 Å². The molecule has 5 nitrogen and oxygen atoms in total. The van der Waals surface area contributed by atoms with Gasteiger partial charge < -0.3 is 4.74 Å². The number of benzene rings is 6. The Hall–Kier alpha value is -7.76. The molecule has 57 heavy (non-hydrogen) atoms. The Morgan fingerprint density at radius 1 is 0.333 bits per heavy atom. The van der Waals surface area contributed by atoms with Crippen LogP contribution < -0.4 is 4.74 Å². The number of carbonyl (C=O) groups excluding carboxylic acids is 1. The maximum absolute atomic E-state index is 14.1. The van der Waals surface area contributed by atoms with E-state index in [1.54, 1.807) is 12.3 Å². The third-order valence-corrected chi connectivity index (χ3v) is 9.95. The number of esters is 1. The van der Waals surface area contributed by atoms with Crippen molar-refractivity contribution in [1.82, 2.24) is 15.0 Å². The Kier molecular flexibility index (Phi) is 9.77. The molecule has 3 heterocycles. The molecule has 0 spiro atoms. The fourth-order valence-corrected chi connectivity index (χ4v) is 7.08. The SMILES string of the molecule is O=C(Oc1ccc(-c2ccccc2)nc1)c1cc(-c2ccccc2-c2ccc(-c3ccccc3)nc2)cc(-c2ccccc2-c2ccc(-c3ccccc3)nc2)c1. The lowest BCUT2D eigenvalue weighted by molar-refractivity contribution is 0.0734. The lowest BCUT2D eigenvalue weighted by Gasteiger charge is -2.16. The summed E-state index contributed by atoms with van der Waals surface area (Å²) < 4.78 is 5.99. The number of nitrogens with zero attached hydrogens (tertiary/aromatic N) is 3. The van der Waals surface area contributed by atoms with Crippen LogP contribution in [0.5, 0.6) is 5.75 Å². The first-order chi connectivity index (χ1) is 28.2. The van der Waals surface area contributed by atoms with Crippen LogP contribution in [-0.2, 0) is 0 Å². The van der Waals surface area contributed by atoms with E-state index in [4.69, 9.17) is 14.7 Å². The second kappa shape index (κ2) is 15.9. The molecule has 0 fully saturated rings. The predicted molar refractivity (Wildman–Crippen MR) is 229 cm³/mol. The summed E-state index contributed by atoms with van der Waals surface area (Å²) in [5.74, 6) is -0.119. The predicted octanol–water partition coefficient (Wildman–Crippen LogP) is 12.8. The summed E-state index contributed by atoms with van der Waals surface area (Å²) in [4.78, 5) is 28.4. The lowest BCUT2D eigenvalue weighted by Crippen LogP contribution is -2.09. The van der Waals surface area contributed by atoms with Crippen molar-refractivity contribution in [2.45, 2.75) is 0 Å². The molecule has 0 amide bonds. The average molecular weight is 734 g/mol. The van der Waals surface area contributed by atoms with E-state index >= 15 is 0 Å². The normalized spacial score (nSPS) is 10.9. The summed E-state index contributed by atoms with van der Waals surface area (Å²) in [6.45, 7) is 0. The molecule has 0 unspecified atom stereocenters. The Balaban J connectivity index is 1.12. The van der Waals surface area contributed by atoms with Crippen LogP contribution >= 0.6 is 0 Å². The number of aromatic nitrogens is 3. The van der Waals surface area contributed by atoms with Gasteiger partial charge in [-0.15, -0.1) is 0 Å². The highest BCUT2D eigenvalue weighted by molar-refractivity contribution is 5.97. The van der Waals surface area contributed by atoms with Gasteiger partial charge in [0.1, 0.15) is 5.75 Å². The van der Waals surface area contributed by atoms with Gasteiger partial charge >= 0.3 is 5.97 Å². The van der Waals surface area contributed by atoms with Gasteiger partial charge in [-0.25, -0.2) is 4.79 Å². The van der Waals surface area contributed by atoms with Crippen LogP contribution in [0.15, 0.2) is 213 Å². The molecule has 9 rings (SSSR count). The van der Waals surface area contributed by atoms with Crippen molar-refractivity contribution in [3.05, 3.63) is 218 Å². The third kappa shape index (κ3) is 7.63. The van der Waals surface area contributed by atoms with Crippen molar-refractivity contribution in [2.75, 3.05) is 0 Å². The molecule has 3 aromatic heterocycles. The first-order valence-electron chi connectivity index (χ1n) is 18.8. The van der Waals surface area contributed by atoms with Crippen molar-refractivity contribution in [2.24, 2.45) is 0 Å². The van der Waals surface area contributed by atoms with Crippen LogP contribution in [0.25, 0.3) is 78.3 Å².